The van der Waals surface area contributed by atoms with E-state index in [0.717, 1.165) is 23.8 Å². The zero-order chi connectivity index (χ0) is 13.9. The van der Waals surface area contributed by atoms with E-state index in [1.54, 1.807) is 11.8 Å². The average Bonchev–Trinajstić information content (AvgIpc) is 3.16. The molecule has 0 bridgehead atoms. The van der Waals surface area contributed by atoms with Crippen LogP contribution in [0, 0.1) is 0 Å². The molecule has 106 valence electrons. The van der Waals surface area contributed by atoms with Gasteiger partial charge in [0.25, 0.3) is 0 Å². The number of rotatable bonds is 4. The molecule has 1 aromatic carbocycles. The van der Waals surface area contributed by atoms with Crippen molar-refractivity contribution >= 4 is 22.8 Å². The van der Waals surface area contributed by atoms with Gasteiger partial charge in [0.05, 0.1) is 6.04 Å². The number of hydrogen-bond donors (Lipinski definition) is 2. The quantitative estimate of drug-likeness (QED) is 0.892. The average molecular weight is 289 g/mol. The predicted octanol–water partition coefficient (Wildman–Crippen LogP) is 2.09. The number of aliphatic imine (C=N–C) groups is 1. The Morgan fingerprint density at radius 3 is 2.80 bits per heavy atom. The van der Waals surface area contributed by atoms with Crippen molar-refractivity contribution in [3.63, 3.8) is 0 Å². The molecule has 1 aromatic rings. The van der Waals surface area contributed by atoms with Crippen molar-refractivity contribution in [2.75, 3.05) is 5.75 Å². The highest BCUT2D eigenvalue weighted by molar-refractivity contribution is 8.14. The van der Waals surface area contributed by atoms with Crippen LogP contribution in [0.2, 0.25) is 0 Å². The smallest absolute Gasteiger partial charge is 0.242 e. The lowest BCUT2D eigenvalue weighted by atomic mass is 10.1. The number of nitrogens with one attached hydrogen (secondary N) is 2. The van der Waals surface area contributed by atoms with Gasteiger partial charge < -0.3 is 10.6 Å². The fourth-order valence-electron chi connectivity index (χ4n) is 2.10. The first-order valence-electron chi connectivity index (χ1n) is 7.05. The lowest BCUT2D eigenvalue weighted by molar-refractivity contribution is -0.122. The number of hydrogen-bond acceptors (Lipinski definition) is 4. The summed E-state index contributed by atoms with van der Waals surface area (Å²) in [6, 6.07) is 10.7. The van der Waals surface area contributed by atoms with Crippen molar-refractivity contribution in [3.8, 4) is 0 Å². The van der Waals surface area contributed by atoms with Crippen LogP contribution >= 0.6 is 11.8 Å². The molecule has 2 N–H and O–H groups in total. The summed E-state index contributed by atoms with van der Waals surface area (Å²) in [5.74, 6) is 1.00. The molecule has 1 amide bonds. The molecule has 0 radical (unpaired) electrons. The summed E-state index contributed by atoms with van der Waals surface area (Å²) in [6.07, 6.45) is 2.23. The van der Waals surface area contributed by atoms with Gasteiger partial charge in [0.15, 0.2) is 5.17 Å². The first kappa shape index (κ1) is 13.5. The summed E-state index contributed by atoms with van der Waals surface area (Å²) in [7, 11) is 0. The molecule has 0 spiro atoms. The van der Waals surface area contributed by atoms with Gasteiger partial charge in [-0.25, -0.2) is 0 Å². The fourth-order valence-corrected chi connectivity index (χ4v) is 3.15. The Hall–Kier alpha value is -1.49. The topological polar surface area (TPSA) is 53.5 Å². The zero-order valence-corrected chi connectivity index (χ0v) is 12.3. The highest BCUT2D eigenvalue weighted by Gasteiger charge is 2.27. The minimum atomic E-state index is -0.226. The van der Waals surface area contributed by atoms with Gasteiger partial charge in [-0.1, -0.05) is 42.1 Å². The van der Waals surface area contributed by atoms with Gasteiger partial charge in [0.1, 0.15) is 6.04 Å². The van der Waals surface area contributed by atoms with E-state index in [-0.39, 0.29) is 18.0 Å². The van der Waals surface area contributed by atoms with E-state index in [4.69, 9.17) is 0 Å². The first-order chi connectivity index (χ1) is 9.72. The maximum atomic E-state index is 11.9. The van der Waals surface area contributed by atoms with E-state index in [0.29, 0.717) is 6.04 Å². The molecule has 20 heavy (non-hydrogen) atoms. The number of carbonyl (C=O) groups excluding carboxylic acids is 1. The molecule has 1 aliphatic heterocycles. The molecule has 1 heterocycles. The summed E-state index contributed by atoms with van der Waals surface area (Å²) in [5.41, 5.74) is 1.23. The molecule has 2 atom stereocenters. The predicted molar refractivity (Wildman–Crippen MR) is 82.8 cm³/mol. The monoisotopic (exact) mass is 289 g/mol. The molecule has 1 fully saturated rings. The van der Waals surface area contributed by atoms with Gasteiger partial charge in [0.2, 0.25) is 5.91 Å². The van der Waals surface area contributed by atoms with Crippen molar-refractivity contribution in [1.29, 1.82) is 0 Å². The first-order valence-corrected chi connectivity index (χ1v) is 8.03. The SMILES string of the molecule is CC(NC1=NC(c2ccccc2)CS1)C(=O)NC1CC1. The molecular formula is C15H19N3OS. The molecule has 1 saturated carbocycles. The maximum Gasteiger partial charge on any atom is 0.242 e. The molecule has 0 aromatic heterocycles. The number of amidine groups is 1. The Balaban J connectivity index is 1.56. The van der Waals surface area contributed by atoms with Crippen LogP contribution in [0.25, 0.3) is 0 Å². The lowest BCUT2D eigenvalue weighted by Crippen LogP contribution is -2.44. The van der Waals surface area contributed by atoms with Crippen LogP contribution in [-0.2, 0) is 4.79 Å². The van der Waals surface area contributed by atoms with Gasteiger partial charge in [0, 0.05) is 11.8 Å². The fraction of sp³-hybridized carbons (Fsp3) is 0.467. The summed E-state index contributed by atoms with van der Waals surface area (Å²) in [5, 5.41) is 7.09. The van der Waals surface area contributed by atoms with Crippen LogP contribution in [0.15, 0.2) is 35.3 Å². The van der Waals surface area contributed by atoms with E-state index in [9.17, 15) is 4.79 Å². The molecule has 2 aliphatic rings. The second kappa shape index (κ2) is 5.87. The van der Waals surface area contributed by atoms with Gasteiger partial charge in [-0.3, -0.25) is 9.79 Å². The third-order valence-corrected chi connectivity index (χ3v) is 4.47. The molecule has 3 rings (SSSR count). The number of thioether (sulfide) groups is 1. The van der Waals surface area contributed by atoms with Crippen LogP contribution in [0.1, 0.15) is 31.4 Å². The van der Waals surface area contributed by atoms with Crippen molar-refractivity contribution in [2.45, 2.75) is 37.9 Å². The standard InChI is InChI=1S/C15H19N3OS/c1-10(14(19)17-12-7-8-12)16-15-18-13(9-20-15)11-5-3-2-4-6-11/h2-6,10,12-13H,7-9H2,1H3,(H,16,18)(H,17,19). The van der Waals surface area contributed by atoms with Gasteiger partial charge in [-0.2, -0.15) is 0 Å². The molecular weight excluding hydrogens is 270 g/mol. The van der Waals surface area contributed by atoms with Crippen LogP contribution in [0.5, 0.6) is 0 Å². The van der Waals surface area contributed by atoms with E-state index in [1.807, 2.05) is 25.1 Å². The second-order valence-corrected chi connectivity index (χ2v) is 6.33. The van der Waals surface area contributed by atoms with Gasteiger partial charge in [-0.05, 0) is 25.3 Å². The summed E-state index contributed by atoms with van der Waals surface area (Å²) in [4.78, 5) is 16.6. The summed E-state index contributed by atoms with van der Waals surface area (Å²) in [6.45, 7) is 1.89. The van der Waals surface area contributed by atoms with Crippen LogP contribution in [0.4, 0.5) is 0 Å². The lowest BCUT2D eigenvalue weighted by Gasteiger charge is -2.14. The zero-order valence-electron chi connectivity index (χ0n) is 11.5. The molecule has 2 unspecified atom stereocenters. The van der Waals surface area contributed by atoms with Crippen molar-refractivity contribution in [1.82, 2.24) is 10.6 Å². The molecule has 5 heteroatoms. The summed E-state index contributed by atoms with van der Waals surface area (Å²) < 4.78 is 0. The van der Waals surface area contributed by atoms with Crippen molar-refractivity contribution in [2.24, 2.45) is 4.99 Å². The highest BCUT2D eigenvalue weighted by Crippen LogP contribution is 2.29. The largest absolute Gasteiger partial charge is 0.353 e. The second-order valence-electron chi connectivity index (χ2n) is 5.32. The van der Waals surface area contributed by atoms with Crippen LogP contribution < -0.4 is 10.6 Å². The Kier molecular flexibility index (Phi) is 3.96. The van der Waals surface area contributed by atoms with E-state index in [2.05, 4.69) is 27.8 Å². The van der Waals surface area contributed by atoms with E-state index < -0.39 is 0 Å². The third-order valence-electron chi connectivity index (χ3n) is 3.49. The minimum Gasteiger partial charge on any atom is -0.353 e. The van der Waals surface area contributed by atoms with E-state index in [1.165, 1.54) is 5.56 Å². The van der Waals surface area contributed by atoms with Crippen LogP contribution in [0.3, 0.4) is 0 Å². The van der Waals surface area contributed by atoms with Crippen LogP contribution in [-0.4, -0.2) is 28.9 Å². The Morgan fingerprint density at radius 2 is 2.10 bits per heavy atom. The van der Waals surface area contributed by atoms with Crippen molar-refractivity contribution in [3.05, 3.63) is 35.9 Å². The third kappa shape index (κ3) is 3.33. The van der Waals surface area contributed by atoms with Crippen molar-refractivity contribution < 1.29 is 4.79 Å². The number of nitrogens with zero attached hydrogens (tertiary/aromatic N) is 1. The molecule has 0 saturated heterocycles. The number of benzene rings is 1. The number of amides is 1. The summed E-state index contributed by atoms with van der Waals surface area (Å²) >= 11 is 1.68. The molecule has 4 nitrogen and oxygen atoms in total. The molecule has 1 aliphatic carbocycles. The van der Waals surface area contributed by atoms with Gasteiger partial charge in [-0.15, -0.1) is 0 Å². The van der Waals surface area contributed by atoms with E-state index >= 15 is 0 Å². The minimum absolute atomic E-state index is 0.0685. The number of carbonyl (C=O) groups is 1. The Morgan fingerprint density at radius 1 is 1.35 bits per heavy atom. The normalized spacial score (nSPS) is 23.1. The van der Waals surface area contributed by atoms with Gasteiger partial charge >= 0.3 is 0 Å². The Labute approximate surface area is 123 Å². The maximum absolute atomic E-state index is 11.9. The Bertz CT molecular complexity index is 513. The highest BCUT2D eigenvalue weighted by atomic mass is 32.2.